The molecule has 1 fully saturated rings. The highest BCUT2D eigenvalue weighted by atomic mass is 16.3. The molecule has 32 heavy (non-hydrogen) atoms. The lowest BCUT2D eigenvalue weighted by Crippen LogP contribution is -2.49. The Kier molecular flexibility index (Phi) is 6.73. The van der Waals surface area contributed by atoms with Gasteiger partial charge in [0.15, 0.2) is 0 Å². The van der Waals surface area contributed by atoms with Gasteiger partial charge >= 0.3 is 0 Å². The molecule has 3 aromatic rings. The van der Waals surface area contributed by atoms with E-state index in [9.17, 15) is 9.90 Å². The van der Waals surface area contributed by atoms with Crippen LogP contribution in [0.25, 0.3) is 0 Å². The van der Waals surface area contributed by atoms with Gasteiger partial charge in [0.05, 0.1) is 19.5 Å². The minimum absolute atomic E-state index is 0.0751. The van der Waals surface area contributed by atoms with E-state index in [2.05, 4.69) is 19.2 Å². The fourth-order valence-electron chi connectivity index (χ4n) is 4.99. The molecule has 0 saturated carbocycles. The van der Waals surface area contributed by atoms with Crippen molar-refractivity contribution in [1.29, 1.82) is 0 Å². The summed E-state index contributed by atoms with van der Waals surface area (Å²) in [5, 5.41) is 10.2. The van der Waals surface area contributed by atoms with Crippen molar-refractivity contribution in [3.05, 3.63) is 108 Å². The standard InChI is InChI=1S/C28H33N2O2/c1-29(26(22-12-6-3-7-13-22)21-30(2)19-18-25(31)20-30)28(32)27(23-14-8-4-9-15-23)24-16-10-5-11-17-24/h3-17,25-27,31H,18-21H2,1-2H3/q+1/t25-,26?,30?/m0/s1. The highest BCUT2D eigenvalue weighted by Crippen LogP contribution is 2.32. The molecule has 1 amide bonds. The molecule has 1 N–H and O–H groups in total. The summed E-state index contributed by atoms with van der Waals surface area (Å²) in [7, 11) is 4.12. The summed E-state index contributed by atoms with van der Waals surface area (Å²) < 4.78 is 0.764. The Bertz CT molecular complexity index is 970. The molecule has 4 nitrogen and oxygen atoms in total. The summed E-state index contributed by atoms with van der Waals surface area (Å²) in [6, 6.07) is 30.3. The van der Waals surface area contributed by atoms with Crippen LogP contribution < -0.4 is 0 Å². The van der Waals surface area contributed by atoms with Gasteiger partial charge in [-0.25, -0.2) is 0 Å². The van der Waals surface area contributed by atoms with Gasteiger partial charge in [-0.2, -0.15) is 0 Å². The Labute approximate surface area is 191 Å². The third-order valence-corrected chi connectivity index (χ3v) is 6.78. The minimum Gasteiger partial charge on any atom is -0.387 e. The monoisotopic (exact) mass is 429 g/mol. The van der Waals surface area contributed by atoms with Gasteiger partial charge < -0.3 is 14.5 Å². The molecule has 3 aromatic carbocycles. The van der Waals surface area contributed by atoms with Crippen LogP contribution in [0, 0.1) is 0 Å². The van der Waals surface area contributed by atoms with E-state index in [-0.39, 0.29) is 24.0 Å². The van der Waals surface area contributed by atoms with E-state index < -0.39 is 0 Å². The minimum atomic E-state index is -0.358. The van der Waals surface area contributed by atoms with Gasteiger partial charge in [0.2, 0.25) is 5.91 Å². The Balaban J connectivity index is 1.69. The number of carbonyl (C=O) groups excluding carboxylic acids is 1. The summed E-state index contributed by atoms with van der Waals surface area (Å²) in [6.07, 6.45) is 0.547. The Morgan fingerprint density at radius 1 is 0.906 bits per heavy atom. The first-order valence-corrected chi connectivity index (χ1v) is 11.4. The smallest absolute Gasteiger partial charge is 0.235 e. The Morgan fingerprint density at radius 3 is 1.81 bits per heavy atom. The topological polar surface area (TPSA) is 40.5 Å². The molecular weight excluding hydrogens is 396 g/mol. The van der Waals surface area contributed by atoms with Crippen molar-refractivity contribution in [2.75, 3.05) is 33.7 Å². The molecule has 2 unspecified atom stereocenters. The molecule has 0 bridgehead atoms. The van der Waals surface area contributed by atoms with Crippen LogP contribution in [0.3, 0.4) is 0 Å². The van der Waals surface area contributed by atoms with Crippen LogP contribution in [0.1, 0.15) is 35.1 Å². The predicted octanol–water partition coefficient (Wildman–Crippen LogP) is 4.23. The Morgan fingerprint density at radius 2 is 1.38 bits per heavy atom. The number of hydrogen-bond acceptors (Lipinski definition) is 2. The third-order valence-electron chi connectivity index (χ3n) is 6.78. The Hall–Kier alpha value is -2.95. The maximum Gasteiger partial charge on any atom is 0.235 e. The molecule has 166 valence electrons. The molecular formula is C28H33N2O2+. The van der Waals surface area contributed by atoms with E-state index in [1.165, 1.54) is 0 Å². The molecule has 0 spiro atoms. The van der Waals surface area contributed by atoms with E-state index in [4.69, 9.17) is 0 Å². The number of quaternary nitrogens is 1. The maximum absolute atomic E-state index is 14.1. The van der Waals surface area contributed by atoms with Crippen LogP contribution in [0.4, 0.5) is 0 Å². The van der Waals surface area contributed by atoms with Crippen molar-refractivity contribution >= 4 is 5.91 Å². The van der Waals surface area contributed by atoms with Gasteiger partial charge in [-0.15, -0.1) is 0 Å². The lowest BCUT2D eigenvalue weighted by Gasteiger charge is -2.38. The first-order chi connectivity index (χ1) is 15.5. The van der Waals surface area contributed by atoms with Gasteiger partial charge in [-0.05, 0) is 16.7 Å². The lowest BCUT2D eigenvalue weighted by atomic mass is 9.89. The van der Waals surface area contributed by atoms with Crippen molar-refractivity contribution in [3.8, 4) is 0 Å². The number of carbonyl (C=O) groups is 1. The van der Waals surface area contributed by atoms with Crippen LogP contribution in [0.15, 0.2) is 91.0 Å². The predicted molar refractivity (Wildman–Crippen MR) is 128 cm³/mol. The highest BCUT2D eigenvalue weighted by Gasteiger charge is 2.39. The van der Waals surface area contributed by atoms with Crippen LogP contribution >= 0.6 is 0 Å². The van der Waals surface area contributed by atoms with Gasteiger partial charge in [-0.1, -0.05) is 91.0 Å². The summed E-state index contributed by atoms with van der Waals surface area (Å²) in [4.78, 5) is 16.0. The summed E-state index contributed by atoms with van der Waals surface area (Å²) in [5.41, 5.74) is 3.13. The number of aliphatic hydroxyl groups excluding tert-OH is 1. The number of amides is 1. The molecule has 0 radical (unpaired) electrons. The number of hydrogen-bond donors (Lipinski definition) is 1. The van der Waals surface area contributed by atoms with Gasteiger partial charge in [0.1, 0.15) is 25.2 Å². The fraction of sp³-hybridized carbons (Fsp3) is 0.321. The van der Waals surface area contributed by atoms with Crippen LogP contribution in [-0.2, 0) is 4.79 Å². The largest absolute Gasteiger partial charge is 0.387 e. The molecule has 0 aliphatic carbocycles. The molecule has 3 atom stereocenters. The summed E-state index contributed by atoms with van der Waals surface area (Å²) >= 11 is 0. The molecule has 1 saturated heterocycles. The van der Waals surface area contributed by atoms with Crippen molar-refractivity contribution < 1.29 is 14.4 Å². The number of benzene rings is 3. The van der Waals surface area contributed by atoms with Gasteiger partial charge in [0, 0.05) is 13.5 Å². The molecule has 1 heterocycles. The summed E-state index contributed by atoms with van der Waals surface area (Å²) in [6.45, 7) is 2.43. The SMILES string of the molecule is CN(C(=O)C(c1ccccc1)c1ccccc1)C(C[N+]1(C)CC[C@H](O)C1)c1ccccc1. The normalized spacial score (nSPS) is 21.4. The third kappa shape index (κ3) is 4.93. The second-order valence-electron chi connectivity index (χ2n) is 9.28. The van der Waals surface area contributed by atoms with Crippen molar-refractivity contribution in [1.82, 2.24) is 4.90 Å². The molecule has 4 heteroatoms. The second kappa shape index (κ2) is 9.68. The average molecular weight is 430 g/mol. The van der Waals surface area contributed by atoms with E-state index in [0.717, 1.165) is 47.2 Å². The van der Waals surface area contributed by atoms with Crippen LogP contribution in [0.5, 0.6) is 0 Å². The quantitative estimate of drug-likeness (QED) is 0.571. The van der Waals surface area contributed by atoms with Crippen molar-refractivity contribution in [2.24, 2.45) is 0 Å². The molecule has 4 rings (SSSR count). The zero-order chi connectivity index (χ0) is 22.6. The molecule has 1 aliphatic heterocycles. The van der Waals surface area contributed by atoms with E-state index in [1.54, 1.807) is 0 Å². The van der Waals surface area contributed by atoms with Crippen LogP contribution in [0.2, 0.25) is 0 Å². The second-order valence-corrected chi connectivity index (χ2v) is 9.28. The highest BCUT2D eigenvalue weighted by molar-refractivity contribution is 5.87. The van der Waals surface area contributed by atoms with Crippen molar-refractivity contribution in [2.45, 2.75) is 24.5 Å². The number of aliphatic hydroxyl groups is 1. The van der Waals surface area contributed by atoms with E-state index >= 15 is 0 Å². The number of likely N-dealkylation sites (tertiary alicyclic amines) is 1. The molecule has 1 aliphatic rings. The zero-order valence-electron chi connectivity index (χ0n) is 19.0. The fourth-order valence-corrected chi connectivity index (χ4v) is 4.99. The van der Waals surface area contributed by atoms with E-state index in [1.807, 2.05) is 90.8 Å². The summed E-state index contributed by atoms with van der Waals surface area (Å²) in [5.74, 6) is -0.273. The van der Waals surface area contributed by atoms with E-state index in [0.29, 0.717) is 0 Å². The molecule has 0 aromatic heterocycles. The van der Waals surface area contributed by atoms with Gasteiger partial charge in [0.25, 0.3) is 0 Å². The number of likely N-dealkylation sites (N-methyl/N-ethyl adjacent to an activating group) is 2. The zero-order valence-corrected chi connectivity index (χ0v) is 19.0. The maximum atomic E-state index is 14.1. The average Bonchev–Trinajstić information content (AvgIpc) is 3.17. The number of nitrogens with zero attached hydrogens (tertiary/aromatic N) is 2. The first-order valence-electron chi connectivity index (χ1n) is 11.4. The van der Waals surface area contributed by atoms with Crippen molar-refractivity contribution in [3.63, 3.8) is 0 Å². The van der Waals surface area contributed by atoms with Crippen LogP contribution in [-0.4, -0.2) is 60.2 Å². The first kappa shape index (κ1) is 22.3. The number of rotatable bonds is 7. The van der Waals surface area contributed by atoms with Gasteiger partial charge in [-0.3, -0.25) is 4.79 Å². The lowest BCUT2D eigenvalue weighted by molar-refractivity contribution is -0.901.